The third kappa shape index (κ3) is 3.29. The van der Waals surface area contributed by atoms with Gasteiger partial charge >= 0.3 is 0 Å². The van der Waals surface area contributed by atoms with Crippen LogP contribution in [0.25, 0.3) is 0 Å². The van der Waals surface area contributed by atoms with Gasteiger partial charge in [-0.15, -0.1) is 0 Å². The van der Waals surface area contributed by atoms with Gasteiger partial charge in [0.1, 0.15) is 18.1 Å². The molecule has 0 aromatic heterocycles. The van der Waals surface area contributed by atoms with Gasteiger partial charge in [0.15, 0.2) is 0 Å². The SMILES string of the molecule is CC(=O)CCNS(=O)(=O)c1ccc2c(c1)N(C)CCO2. The number of rotatable bonds is 5. The lowest BCUT2D eigenvalue weighted by Crippen LogP contribution is -2.30. The highest BCUT2D eigenvalue weighted by atomic mass is 32.2. The third-order valence-corrected chi connectivity index (χ3v) is 4.56. The molecule has 0 bridgehead atoms. The maximum atomic E-state index is 12.1. The topological polar surface area (TPSA) is 75.7 Å². The fraction of sp³-hybridized carbons (Fsp3) is 0.462. The lowest BCUT2D eigenvalue weighted by atomic mass is 10.2. The van der Waals surface area contributed by atoms with Crippen LogP contribution in [-0.4, -0.2) is 40.9 Å². The highest BCUT2D eigenvalue weighted by molar-refractivity contribution is 7.89. The Bertz CT molecular complexity index is 613. The van der Waals surface area contributed by atoms with Crippen molar-refractivity contribution < 1.29 is 17.9 Å². The zero-order chi connectivity index (χ0) is 14.8. The molecule has 0 aliphatic carbocycles. The van der Waals surface area contributed by atoms with E-state index in [9.17, 15) is 13.2 Å². The summed E-state index contributed by atoms with van der Waals surface area (Å²) >= 11 is 0. The number of likely N-dealkylation sites (N-methyl/N-ethyl adjacent to an activating group) is 1. The van der Waals surface area contributed by atoms with Crippen molar-refractivity contribution in [2.75, 3.05) is 31.6 Å². The minimum absolute atomic E-state index is 0.0497. The predicted octanol–water partition coefficient (Wildman–Crippen LogP) is 0.773. The number of carbonyl (C=O) groups is 1. The lowest BCUT2D eigenvalue weighted by molar-refractivity contribution is -0.116. The number of nitrogens with zero attached hydrogens (tertiary/aromatic N) is 1. The molecule has 1 aliphatic rings. The molecule has 110 valence electrons. The first-order chi connectivity index (χ1) is 9.40. The number of hydrogen-bond acceptors (Lipinski definition) is 5. The molecule has 0 fully saturated rings. The summed E-state index contributed by atoms with van der Waals surface area (Å²) in [5, 5.41) is 0. The van der Waals surface area contributed by atoms with Crippen LogP contribution in [0.3, 0.4) is 0 Å². The summed E-state index contributed by atoms with van der Waals surface area (Å²) in [6.45, 7) is 2.85. The van der Waals surface area contributed by atoms with E-state index in [0.29, 0.717) is 18.9 Å². The van der Waals surface area contributed by atoms with Gasteiger partial charge in [-0.1, -0.05) is 0 Å². The highest BCUT2D eigenvalue weighted by Gasteiger charge is 2.20. The molecule has 0 radical (unpaired) electrons. The van der Waals surface area contributed by atoms with Crippen molar-refractivity contribution in [3.63, 3.8) is 0 Å². The number of anilines is 1. The van der Waals surface area contributed by atoms with Crippen molar-refractivity contribution in [1.29, 1.82) is 0 Å². The smallest absolute Gasteiger partial charge is 0.240 e. The summed E-state index contributed by atoms with van der Waals surface area (Å²) in [6, 6.07) is 4.75. The molecule has 6 nitrogen and oxygen atoms in total. The van der Waals surface area contributed by atoms with Crippen molar-refractivity contribution in [3.8, 4) is 5.75 Å². The fourth-order valence-corrected chi connectivity index (χ4v) is 2.99. The van der Waals surface area contributed by atoms with Crippen LogP contribution in [0, 0.1) is 0 Å². The Morgan fingerprint density at radius 2 is 2.20 bits per heavy atom. The van der Waals surface area contributed by atoms with E-state index >= 15 is 0 Å². The van der Waals surface area contributed by atoms with Crippen LogP contribution in [0.1, 0.15) is 13.3 Å². The van der Waals surface area contributed by atoms with E-state index in [1.54, 1.807) is 12.1 Å². The standard InChI is InChI=1S/C13H18N2O4S/c1-10(16)5-6-14-20(17,18)11-3-4-13-12(9-11)15(2)7-8-19-13/h3-4,9,14H,5-8H2,1-2H3. The Hall–Kier alpha value is -1.60. The van der Waals surface area contributed by atoms with Gasteiger partial charge in [0.25, 0.3) is 0 Å². The summed E-state index contributed by atoms with van der Waals surface area (Å²) in [5.74, 6) is 0.632. The van der Waals surface area contributed by atoms with Gasteiger partial charge in [0.2, 0.25) is 10.0 Å². The zero-order valence-electron chi connectivity index (χ0n) is 11.5. The Morgan fingerprint density at radius 3 is 2.90 bits per heavy atom. The molecule has 1 aliphatic heterocycles. The van der Waals surface area contributed by atoms with Crippen LogP contribution in [-0.2, 0) is 14.8 Å². The number of benzene rings is 1. The van der Waals surface area contributed by atoms with E-state index in [1.807, 2.05) is 11.9 Å². The van der Waals surface area contributed by atoms with E-state index in [0.717, 1.165) is 5.69 Å². The molecule has 0 unspecified atom stereocenters. The average Bonchev–Trinajstić information content (AvgIpc) is 2.38. The number of carbonyl (C=O) groups excluding carboxylic acids is 1. The van der Waals surface area contributed by atoms with Crippen LogP contribution in [0.15, 0.2) is 23.1 Å². The molecule has 7 heteroatoms. The molecule has 1 aromatic rings. The van der Waals surface area contributed by atoms with Crippen molar-refractivity contribution >= 4 is 21.5 Å². The lowest BCUT2D eigenvalue weighted by Gasteiger charge is -2.28. The summed E-state index contributed by atoms with van der Waals surface area (Å²) in [7, 11) is -1.71. The molecular formula is C13H18N2O4S. The van der Waals surface area contributed by atoms with Crippen LogP contribution in [0.5, 0.6) is 5.75 Å². The summed E-state index contributed by atoms with van der Waals surface area (Å²) in [5.41, 5.74) is 0.755. The minimum Gasteiger partial charge on any atom is -0.490 e. The quantitative estimate of drug-likeness (QED) is 0.869. The van der Waals surface area contributed by atoms with Crippen LogP contribution in [0.4, 0.5) is 5.69 Å². The predicted molar refractivity (Wildman–Crippen MR) is 75.7 cm³/mol. The monoisotopic (exact) mass is 298 g/mol. The fourth-order valence-electron chi connectivity index (χ4n) is 1.94. The molecule has 0 amide bonds. The second kappa shape index (κ2) is 5.80. The maximum Gasteiger partial charge on any atom is 0.240 e. The molecule has 1 N–H and O–H groups in total. The van der Waals surface area contributed by atoms with E-state index in [-0.39, 0.29) is 23.6 Å². The second-order valence-corrected chi connectivity index (χ2v) is 6.52. The third-order valence-electron chi connectivity index (χ3n) is 3.11. The molecule has 1 heterocycles. The first-order valence-corrected chi connectivity index (χ1v) is 7.85. The molecule has 1 aromatic carbocycles. The molecule has 0 saturated carbocycles. The van der Waals surface area contributed by atoms with Gasteiger partial charge in [-0.25, -0.2) is 13.1 Å². The molecule has 0 spiro atoms. The molecule has 0 saturated heterocycles. The molecule has 20 heavy (non-hydrogen) atoms. The molecule has 2 rings (SSSR count). The first-order valence-electron chi connectivity index (χ1n) is 6.37. The number of ketones is 1. The highest BCUT2D eigenvalue weighted by Crippen LogP contribution is 2.32. The van der Waals surface area contributed by atoms with Crippen molar-refractivity contribution in [1.82, 2.24) is 4.72 Å². The summed E-state index contributed by atoms with van der Waals surface area (Å²) in [6.07, 6.45) is 0.188. The van der Waals surface area contributed by atoms with Gasteiger partial charge in [0, 0.05) is 20.0 Å². The zero-order valence-corrected chi connectivity index (χ0v) is 12.4. The van der Waals surface area contributed by atoms with Gasteiger partial charge in [-0.3, -0.25) is 4.79 Å². The number of Topliss-reactive ketones (excluding diaryl/α,β-unsaturated/α-hetero) is 1. The van der Waals surface area contributed by atoms with Gasteiger partial charge in [0.05, 0.1) is 17.1 Å². The number of sulfonamides is 1. The number of ether oxygens (including phenoxy) is 1. The van der Waals surface area contributed by atoms with Gasteiger partial charge in [-0.2, -0.15) is 0 Å². The van der Waals surface area contributed by atoms with Crippen molar-refractivity contribution in [2.24, 2.45) is 0 Å². The Balaban J connectivity index is 2.20. The Morgan fingerprint density at radius 1 is 1.45 bits per heavy atom. The summed E-state index contributed by atoms with van der Waals surface area (Å²) < 4.78 is 32.1. The van der Waals surface area contributed by atoms with E-state index in [4.69, 9.17) is 4.74 Å². The number of hydrogen-bond donors (Lipinski definition) is 1. The average molecular weight is 298 g/mol. The van der Waals surface area contributed by atoms with E-state index in [1.165, 1.54) is 13.0 Å². The largest absolute Gasteiger partial charge is 0.490 e. The Kier molecular flexibility index (Phi) is 4.29. The van der Waals surface area contributed by atoms with E-state index in [2.05, 4.69) is 4.72 Å². The summed E-state index contributed by atoms with van der Waals surface area (Å²) in [4.78, 5) is 13.0. The molecular weight excluding hydrogens is 280 g/mol. The first kappa shape index (κ1) is 14.8. The Labute approximate surface area is 118 Å². The van der Waals surface area contributed by atoms with E-state index < -0.39 is 10.0 Å². The van der Waals surface area contributed by atoms with Crippen LogP contribution >= 0.6 is 0 Å². The van der Waals surface area contributed by atoms with Crippen LogP contribution in [0.2, 0.25) is 0 Å². The normalized spacial score (nSPS) is 14.6. The molecule has 0 atom stereocenters. The van der Waals surface area contributed by atoms with Gasteiger partial charge < -0.3 is 9.64 Å². The van der Waals surface area contributed by atoms with Crippen LogP contribution < -0.4 is 14.4 Å². The van der Waals surface area contributed by atoms with Crippen molar-refractivity contribution in [2.45, 2.75) is 18.2 Å². The number of fused-ring (bicyclic) bond motifs is 1. The number of nitrogens with one attached hydrogen (secondary N) is 1. The second-order valence-electron chi connectivity index (χ2n) is 4.75. The minimum atomic E-state index is -3.60. The maximum absolute atomic E-state index is 12.1. The van der Waals surface area contributed by atoms with Gasteiger partial charge in [-0.05, 0) is 25.1 Å². The van der Waals surface area contributed by atoms with Crippen molar-refractivity contribution in [3.05, 3.63) is 18.2 Å².